The molecule has 0 amide bonds. The Labute approximate surface area is 427 Å². The lowest BCUT2D eigenvalue weighted by molar-refractivity contribution is -0.276. The number of alkyl halides is 6. The fraction of sp³-hybridized carbons (Fsp3) is 0.100. The van der Waals surface area contributed by atoms with Gasteiger partial charge in [0.05, 0.1) is 14.3 Å². The molecule has 290 valence electrons. The first-order valence-corrected chi connectivity index (χ1v) is 24.5. The summed E-state index contributed by atoms with van der Waals surface area (Å²) < 4.78 is 91.8. The summed E-state index contributed by atoms with van der Waals surface area (Å²) in [4.78, 5) is 0. The third kappa shape index (κ3) is 11.0. The van der Waals surface area contributed by atoms with Gasteiger partial charge in [0.25, 0.3) is 0 Å². The zero-order valence-corrected chi connectivity index (χ0v) is 45.2. The molecule has 56 heavy (non-hydrogen) atoms. The Hall–Kier alpha value is 0.340. The molecule has 0 heterocycles. The first-order chi connectivity index (χ1) is 26.2. The molecule has 0 unspecified atom stereocenters. The van der Waals surface area contributed by atoms with Gasteiger partial charge in [-0.15, -0.1) is 26.3 Å². The molecular weight excluding hydrogens is 1640 g/mol. The van der Waals surface area contributed by atoms with E-state index < -0.39 is 12.7 Å². The highest BCUT2D eigenvalue weighted by Gasteiger charge is 2.34. The quantitative estimate of drug-likeness (QED) is 0.112. The zero-order chi connectivity index (χ0) is 40.9. The lowest BCUT2D eigenvalue weighted by atomic mass is 9.90. The van der Waals surface area contributed by atoms with Gasteiger partial charge in [0.1, 0.15) is 0 Å². The second kappa shape index (κ2) is 18.8. The molecule has 6 aromatic carbocycles. The third-order valence-electron chi connectivity index (χ3n) is 8.60. The smallest absolute Gasteiger partial charge is 0.404 e. The summed E-state index contributed by atoms with van der Waals surface area (Å²) in [5.41, 5.74) is 10.1. The van der Waals surface area contributed by atoms with E-state index in [9.17, 15) is 26.3 Å². The van der Waals surface area contributed by atoms with Crippen LogP contribution in [0.5, 0.6) is 11.5 Å². The molecule has 0 aliphatic rings. The maximum Gasteiger partial charge on any atom is 0.573 e. The van der Waals surface area contributed by atoms with Crippen LogP contribution in [0.1, 0.15) is 24.0 Å². The molecule has 16 heteroatoms. The van der Waals surface area contributed by atoms with Crippen molar-refractivity contribution in [1.82, 2.24) is 0 Å². The Balaban J connectivity index is 1.20. The lowest BCUT2D eigenvalue weighted by Gasteiger charge is -2.18. The van der Waals surface area contributed by atoms with Gasteiger partial charge in [-0.25, -0.2) is 0 Å². The highest BCUT2D eigenvalue weighted by atomic mass is 127. The van der Waals surface area contributed by atoms with E-state index in [1.165, 1.54) is 11.1 Å². The van der Waals surface area contributed by atoms with Crippen molar-refractivity contribution < 1.29 is 35.8 Å². The van der Waals surface area contributed by atoms with E-state index in [4.69, 9.17) is 0 Å². The van der Waals surface area contributed by atoms with Gasteiger partial charge in [-0.3, -0.25) is 0 Å². The molecule has 0 aliphatic heterocycles. The van der Waals surface area contributed by atoms with Crippen molar-refractivity contribution >= 4 is 181 Å². The van der Waals surface area contributed by atoms with E-state index in [2.05, 4.69) is 155 Å². The number of rotatable bonds is 8. The molecule has 0 bridgehead atoms. The molecule has 6 rings (SSSR count). The number of halogens is 14. The van der Waals surface area contributed by atoms with Crippen molar-refractivity contribution in [2.45, 2.75) is 25.6 Å². The predicted molar refractivity (Wildman–Crippen MR) is 277 cm³/mol. The Morgan fingerprint density at radius 3 is 0.929 bits per heavy atom. The van der Waals surface area contributed by atoms with Crippen LogP contribution >= 0.6 is 181 Å². The van der Waals surface area contributed by atoms with Crippen LogP contribution in [0.2, 0.25) is 0 Å². The number of hydrogen-bond acceptors (Lipinski definition) is 2. The predicted octanol–water partition coefficient (Wildman–Crippen LogP) is 17.1. The van der Waals surface area contributed by atoms with Crippen LogP contribution in [0.25, 0.3) is 44.5 Å². The largest absolute Gasteiger partial charge is 0.573 e. The summed E-state index contributed by atoms with van der Waals surface area (Å²) in [6.07, 6.45) is -9.52. The lowest BCUT2D eigenvalue weighted by Crippen LogP contribution is -2.18. The molecule has 0 radical (unpaired) electrons. The Morgan fingerprint density at radius 1 is 0.375 bits per heavy atom. The van der Waals surface area contributed by atoms with Gasteiger partial charge in [0, 0.05) is 20.2 Å². The molecule has 0 N–H and O–H groups in total. The molecule has 0 spiro atoms. The average molecular weight is 1660 g/mol. The minimum atomic E-state index is -4.76. The van der Waals surface area contributed by atoms with Gasteiger partial charge in [0.2, 0.25) is 0 Å². The Morgan fingerprint density at radius 2 is 0.643 bits per heavy atom. The van der Waals surface area contributed by atoms with Gasteiger partial charge >= 0.3 is 12.7 Å². The zero-order valence-electron chi connectivity index (χ0n) is 27.9. The van der Waals surface area contributed by atoms with E-state index in [0.717, 1.165) is 58.8 Å². The van der Waals surface area contributed by atoms with Crippen molar-refractivity contribution in [3.05, 3.63) is 137 Å². The van der Waals surface area contributed by atoms with Crippen molar-refractivity contribution in [2.75, 3.05) is 0 Å². The molecule has 0 atom stereocenters. The summed E-state index contributed by atoms with van der Waals surface area (Å²) >= 11 is 16.8. The van der Waals surface area contributed by atoms with E-state index in [1.807, 2.05) is 115 Å². The summed E-state index contributed by atoms with van der Waals surface area (Å²) in [5.74, 6) is -0.262. The molecule has 0 aromatic heterocycles. The standard InChI is InChI=1S/C40H20F6I8O2/c1-18(19-2-6-25(29(47)10-19)21-4-8-27(31(49)12-21)23-14-33(51)37(34(52)15-23)55-39(41,42)43)20-3-7-26(30(48)11-20)22-5-9-28(32(50)13-22)24-16-35(53)38(36(54)17-24)56-40(44,45)46/h2-18H,1H3. The molecule has 0 aliphatic carbocycles. The molecule has 0 saturated heterocycles. The summed E-state index contributed by atoms with van der Waals surface area (Å²) in [5, 5.41) is 0. The van der Waals surface area contributed by atoms with E-state index >= 15 is 0 Å². The maximum absolute atomic E-state index is 12.9. The Bertz CT molecular complexity index is 2270. The van der Waals surface area contributed by atoms with Crippen LogP contribution in [-0.2, 0) is 0 Å². The van der Waals surface area contributed by atoms with E-state index in [1.54, 1.807) is 24.3 Å². The van der Waals surface area contributed by atoms with E-state index in [-0.39, 0.29) is 17.4 Å². The second-order valence-electron chi connectivity index (χ2n) is 12.2. The summed E-state index contributed by atoms with van der Waals surface area (Å²) in [6, 6.07) is 32.1. The SMILES string of the molecule is CC(c1ccc(-c2ccc(-c3cc(I)c(OC(F)(F)F)c(I)c3)c(I)c2)c(I)c1)c1ccc(-c2ccc(-c3cc(I)c(OC(F)(F)F)c(I)c3)c(I)c2)c(I)c1. The number of hydrogen-bond donors (Lipinski definition) is 0. The van der Waals surface area contributed by atoms with Crippen LogP contribution in [0.4, 0.5) is 26.3 Å². The van der Waals surface area contributed by atoms with Crippen molar-refractivity contribution in [1.29, 1.82) is 0 Å². The number of ether oxygens (including phenoxy) is 2. The normalized spacial score (nSPS) is 12.0. The third-order valence-corrected chi connectivity index (χ3v) is 15.4. The van der Waals surface area contributed by atoms with Crippen molar-refractivity contribution in [2.24, 2.45) is 0 Å². The van der Waals surface area contributed by atoms with Gasteiger partial charge in [0.15, 0.2) is 11.5 Å². The fourth-order valence-electron chi connectivity index (χ4n) is 5.95. The van der Waals surface area contributed by atoms with Crippen molar-refractivity contribution in [3.63, 3.8) is 0 Å². The first kappa shape index (κ1) is 45.9. The first-order valence-electron chi connectivity index (χ1n) is 15.9. The van der Waals surface area contributed by atoms with E-state index in [0.29, 0.717) is 14.3 Å². The van der Waals surface area contributed by atoms with Crippen LogP contribution in [0.3, 0.4) is 0 Å². The molecule has 6 aromatic rings. The highest BCUT2D eigenvalue weighted by molar-refractivity contribution is 14.1. The van der Waals surface area contributed by atoms with Gasteiger partial charge in [-0.1, -0.05) is 55.5 Å². The monoisotopic (exact) mass is 1660 g/mol. The number of benzene rings is 6. The molecular formula is C40H20F6I8O2. The van der Waals surface area contributed by atoms with Crippen LogP contribution in [0.15, 0.2) is 97.1 Å². The van der Waals surface area contributed by atoms with Crippen LogP contribution in [-0.4, -0.2) is 12.7 Å². The van der Waals surface area contributed by atoms with Gasteiger partial charge in [-0.05, 0) is 285 Å². The maximum atomic E-state index is 12.9. The summed E-state index contributed by atoms with van der Waals surface area (Å²) in [6.45, 7) is 2.19. The fourth-order valence-corrected chi connectivity index (χ4v) is 13.3. The topological polar surface area (TPSA) is 18.5 Å². The van der Waals surface area contributed by atoms with Crippen LogP contribution < -0.4 is 9.47 Å². The minimum Gasteiger partial charge on any atom is -0.404 e. The minimum absolute atomic E-state index is 0.119. The van der Waals surface area contributed by atoms with Gasteiger partial charge < -0.3 is 9.47 Å². The molecule has 2 nitrogen and oxygen atoms in total. The van der Waals surface area contributed by atoms with Crippen molar-refractivity contribution in [3.8, 4) is 56.0 Å². The second-order valence-corrected chi connectivity index (χ2v) is 21.5. The molecule has 0 fully saturated rings. The van der Waals surface area contributed by atoms with Crippen LogP contribution in [0, 0.1) is 28.6 Å². The summed E-state index contributed by atoms with van der Waals surface area (Å²) in [7, 11) is 0. The Kier molecular flexibility index (Phi) is 15.4. The average Bonchev–Trinajstić information content (AvgIpc) is 3.10. The highest BCUT2D eigenvalue weighted by Crippen LogP contribution is 2.41. The van der Waals surface area contributed by atoms with Gasteiger partial charge in [-0.2, -0.15) is 0 Å². The molecule has 0 saturated carbocycles.